The second-order valence-corrected chi connectivity index (χ2v) is 11.8. The molecule has 0 fully saturated rings. The number of rotatable bonds is 10. The van der Waals surface area contributed by atoms with Gasteiger partial charge in [0.2, 0.25) is 0 Å². The van der Waals surface area contributed by atoms with Crippen LogP contribution < -0.4 is 0 Å². The fraction of sp³-hybridized carbons (Fsp3) is 0.286. The molecule has 4 nitrogen and oxygen atoms in total. The minimum absolute atomic E-state index is 0.748. The molecule has 36 heavy (non-hydrogen) atoms. The van der Waals surface area contributed by atoms with Gasteiger partial charge in [-0.3, -0.25) is 20.0 Å². The molecule has 188 valence electrons. The molecule has 0 aliphatic rings. The average Bonchev–Trinajstić information content (AvgIpc) is 3.66. The SMILES string of the molecule is Cc1ccsc1C=NCCN=Cc1sccc1C.Cc1ccsc1C=NCCN=Cc1sccc1C. The minimum Gasteiger partial charge on any atom is -0.290 e. The Morgan fingerprint density at radius 2 is 0.667 bits per heavy atom. The molecule has 0 bridgehead atoms. The van der Waals surface area contributed by atoms with Crippen molar-refractivity contribution in [1.29, 1.82) is 0 Å². The van der Waals surface area contributed by atoms with Crippen molar-refractivity contribution in [1.82, 2.24) is 0 Å². The van der Waals surface area contributed by atoms with E-state index >= 15 is 0 Å². The Kier molecular flexibility index (Phi) is 12.1. The van der Waals surface area contributed by atoms with Crippen LogP contribution in [0, 0.1) is 27.7 Å². The van der Waals surface area contributed by atoms with Gasteiger partial charge in [0.1, 0.15) is 0 Å². The summed E-state index contributed by atoms with van der Waals surface area (Å²) in [5.74, 6) is 0. The van der Waals surface area contributed by atoms with Gasteiger partial charge in [0, 0.05) is 44.4 Å². The van der Waals surface area contributed by atoms with E-state index in [4.69, 9.17) is 0 Å². The van der Waals surface area contributed by atoms with E-state index in [1.165, 1.54) is 41.8 Å². The molecule has 0 atom stereocenters. The van der Waals surface area contributed by atoms with Crippen LogP contribution in [0.3, 0.4) is 0 Å². The third-order valence-corrected chi connectivity index (χ3v) is 8.97. The Morgan fingerprint density at radius 1 is 0.444 bits per heavy atom. The van der Waals surface area contributed by atoms with Gasteiger partial charge in [0.05, 0.1) is 26.2 Å². The normalized spacial score (nSPS) is 11.9. The first kappa shape index (κ1) is 28.1. The van der Waals surface area contributed by atoms with Crippen LogP contribution >= 0.6 is 45.3 Å². The van der Waals surface area contributed by atoms with Gasteiger partial charge in [-0.2, -0.15) is 0 Å². The summed E-state index contributed by atoms with van der Waals surface area (Å²) in [7, 11) is 0. The zero-order chi connectivity index (χ0) is 25.6. The predicted molar refractivity (Wildman–Crippen MR) is 166 cm³/mol. The highest BCUT2D eigenvalue weighted by molar-refractivity contribution is 7.12. The van der Waals surface area contributed by atoms with E-state index in [2.05, 4.69) is 93.5 Å². The van der Waals surface area contributed by atoms with Crippen molar-refractivity contribution < 1.29 is 0 Å². The predicted octanol–water partition coefficient (Wildman–Crippen LogP) is 7.93. The van der Waals surface area contributed by atoms with Gasteiger partial charge < -0.3 is 0 Å². The molecule has 0 aliphatic carbocycles. The van der Waals surface area contributed by atoms with E-state index in [-0.39, 0.29) is 0 Å². The largest absolute Gasteiger partial charge is 0.290 e. The lowest BCUT2D eigenvalue weighted by molar-refractivity contribution is 0.985. The molecular weight excluding hydrogens is 521 g/mol. The second-order valence-electron chi connectivity index (χ2n) is 8.01. The maximum atomic E-state index is 4.39. The molecule has 0 unspecified atom stereocenters. The number of nitrogens with zero attached hydrogens (tertiary/aromatic N) is 4. The Morgan fingerprint density at radius 3 is 0.833 bits per heavy atom. The molecule has 0 spiro atoms. The molecule has 4 aromatic heterocycles. The monoisotopic (exact) mass is 552 g/mol. The van der Waals surface area contributed by atoms with E-state index < -0.39 is 0 Å². The van der Waals surface area contributed by atoms with E-state index in [9.17, 15) is 0 Å². The first-order valence-electron chi connectivity index (χ1n) is 11.7. The summed E-state index contributed by atoms with van der Waals surface area (Å²) in [5, 5.41) is 8.37. The van der Waals surface area contributed by atoms with Crippen LogP contribution in [0.2, 0.25) is 0 Å². The summed E-state index contributed by atoms with van der Waals surface area (Å²) in [6.07, 6.45) is 7.80. The Bertz CT molecular complexity index is 1100. The maximum Gasteiger partial charge on any atom is 0.0585 e. The molecule has 0 N–H and O–H groups in total. The summed E-state index contributed by atoms with van der Waals surface area (Å²) >= 11 is 6.91. The second kappa shape index (κ2) is 15.6. The van der Waals surface area contributed by atoms with Crippen LogP contribution in [0.1, 0.15) is 41.8 Å². The maximum absolute atomic E-state index is 4.39. The summed E-state index contributed by atoms with van der Waals surface area (Å²) in [6, 6.07) is 8.46. The van der Waals surface area contributed by atoms with Gasteiger partial charge in [-0.25, -0.2) is 0 Å². The van der Waals surface area contributed by atoms with Crippen molar-refractivity contribution >= 4 is 70.2 Å². The van der Waals surface area contributed by atoms with E-state index in [1.54, 1.807) is 45.3 Å². The van der Waals surface area contributed by atoms with Crippen LogP contribution in [-0.2, 0) is 0 Å². The average molecular weight is 553 g/mol. The Labute approximate surface area is 230 Å². The summed E-state index contributed by atoms with van der Waals surface area (Å²) in [6.45, 7) is 11.4. The highest BCUT2D eigenvalue weighted by Gasteiger charge is 1.96. The van der Waals surface area contributed by atoms with Gasteiger partial charge in [-0.05, 0) is 95.7 Å². The molecule has 0 saturated heterocycles. The standard InChI is InChI=1S/2C14H16N2S2/c2*1-11-3-7-17-13(11)9-15-5-6-16-10-14-12(2)4-8-18-14/h2*3-4,7-10H,5-6H2,1-2H3. The van der Waals surface area contributed by atoms with E-state index in [0.29, 0.717) is 0 Å². The molecule has 8 heteroatoms. The highest BCUT2D eigenvalue weighted by atomic mass is 32.1. The van der Waals surface area contributed by atoms with Crippen molar-refractivity contribution in [3.05, 3.63) is 87.5 Å². The van der Waals surface area contributed by atoms with Crippen molar-refractivity contribution in [3.8, 4) is 0 Å². The summed E-state index contributed by atoms with van der Waals surface area (Å²) in [4.78, 5) is 22.5. The molecule has 0 radical (unpaired) electrons. The first-order chi connectivity index (χ1) is 17.5. The smallest absolute Gasteiger partial charge is 0.0585 e. The van der Waals surface area contributed by atoms with Crippen LogP contribution in [-0.4, -0.2) is 51.0 Å². The van der Waals surface area contributed by atoms with Crippen LogP contribution in [0.15, 0.2) is 65.8 Å². The quantitative estimate of drug-likeness (QED) is 0.142. The van der Waals surface area contributed by atoms with E-state index in [1.807, 2.05) is 24.9 Å². The lowest BCUT2D eigenvalue weighted by Crippen LogP contribution is -1.89. The molecule has 0 saturated carbocycles. The van der Waals surface area contributed by atoms with Crippen molar-refractivity contribution in [2.75, 3.05) is 26.2 Å². The first-order valence-corrected chi connectivity index (χ1v) is 15.2. The molecular formula is C28H32N4S4. The summed E-state index contributed by atoms with van der Waals surface area (Å²) < 4.78 is 0. The zero-order valence-electron chi connectivity index (χ0n) is 21.2. The van der Waals surface area contributed by atoms with Gasteiger partial charge in [0.15, 0.2) is 0 Å². The van der Waals surface area contributed by atoms with E-state index in [0.717, 1.165) is 26.2 Å². The van der Waals surface area contributed by atoms with Crippen LogP contribution in [0.5, 0.6) is 0 Å². The number of aryl methyl sites for hydroxylation is 4. The van der Waals surface area contributed by atoms with Crippen LogP contribution in [0.4, 0.5) is 0 Å². The topological polar surface area (TPSA) is 49.4 Å². The molecule has 0 aromatic carbocycles. The van der Waals surface area contributed by atoms with Gasteiger partial charge >= 0.3 is 0 Å². The molecule has 4 heterocycles. The summed E-state index contributed by atoms with van der Waals surface area (Å²) in [5.41, 5.74) is 5.17. The highest BCUT2D eigenvalue weighted by Crippen LogP contribution is 2.14. The fourth-order valence-electron chi connectivity index (χ4n) is 2.89. The molecule has 0 amide bonds. The number of hydrogen-bond donors (Lipinski definition) is 0. The third kappa shape index (κ3) is 9.50. The lowest BCUT2D eigenvalue weighted by atomic mass is 10.3. The van der Waals surface area contributed by atoms with Crippen LogP contribution in [0.25, 0.3) is 0 Å². The molecule has 4 aromatic rings. The zero-order valence-corrected chi connectivity index (χ0v) is 24.4. The van der Waals surface area contributed by atoms with Crippen molar-refractivity contribution in [3.63, 3.8) is 0 Å². The van der Waals surface area contributed by atoms with Crippen molar-refractivity contribution in [2.45, 2.75) is 27.7 Å². The Hall–Kier alpha value is -2.52. The third-order valence-electron chi connectivity index (χ3n) is 5.16. The minimum atomic E-state index is 0.748. The lowest BCUT2D eigenvalue weighted by Gasteiger charge is -1.91. The van der Waals surface area contributed by atoms with Gasteiger partial charge in [-0.15, -0.1) is 45.3 Å². The molecule has 0 aliphatic heterocycles. The number of thiophene rings is 4. The fourth-order valence-corrected chi connectivity index (χ4v) is 6.12. The number of aliphatic imine (C=N–C) groups is 4. The van der Waals surface area contributed by atoms with Crippen molar-refractivity contribution in [2.24, 2.45) is 20.0 Å². The number of hydrogen-bond acceptors (Lipinski definition) is 8. The van der Waals surface area contributed by atoms with Gasteiger partial charge in [-0.1, -0.05) is 0 Å². The van der Waals surface area contributed by atoms with Gasteiger partial charge in [0.25, 0.3) is 0 Å². The molecule has 4 rings (SSSR count). The Balaban J connectivity index is 0.000000201.